The van der Waals surface area contributed by atoms with Gasteiger partial charge in [-0.2, -0.15) is 0 Å². The van der Waals surface area contributed by atoms with Gasteiger partial charge in [0.25, 0.3) is 0 Å². The Labute approximate surface area is 158 Å². The van der Waals surface area contributed by atoms with Crippen LogP contribution in [0, 0.1) is 22.7 Å². The molecule has 0 aromatic heterocycles. The predicted octanol–water partition coefficient (Wildman–Crippen LogP) is 3.49. The number of amides is 1. The molecule has 3 unspecified atom stereocenters. The van der Waals surface area contributed by atoms with Gasteiger partial charge in [-0.1, -0.05) is 32.4 Å². The number of carbonyl (C=O) groups excluding carboxylic acids is 1. The third-order valence-corrected chi connectivity index (χ3v) is 6.62. The fraction of sp³-hybridized carbons (Fsp3) is 0.682. The van der Waals surface area contributed by atoms with E-state index >= 15 is 0 Å². The first-order valence-electron chi connectivity index (χ1n) is 9.88. The Hall–Kier alpha value is -1.55. The Morgan fingerprint density at radius 2 is 2.15 bits per heavy atom. The number of hydrogen-bond donors (Lipinski definition) is 1. The SMILES string of the molecule is COc1cccc(CC2(C(=O)N(C)CC(C)(C)CN)CC3CCC2C3)c1. The summed E-state index contributed by atoms with van der Waals surface area (Å²) >= 11 is 0. The molecule has 2 saturated carbocycles. The van der Waals surface area contributed by atoms with Crippen LogP contribution >= 0.6 is 0 Å². The molecule has 3 rings (SSSR count). The standard InChI is InChI=1S/C22H34N2O2/c1-21(2,14-23)15-24(3)20(25)22(13-17-8-9-18(22)10-17)12-16-6-5-7-19(11-16)26-4/h5-7,11,17-18H,8-10,12-15,23H2,1-4H3. The summed E-state index contributed by atoms with van der Waals surface area (Å²) in [6.07, 6.45) is 5.53. The first-order chi connectivity index (χ1) is 12.3. The fourth-order valence-electron chi connectivity index (χ4n) is 5.30. The van der Waals surface area contributed by atoms with E-state index in [1.54, 1.807) is 7.11 Å². The van der Waals surface area contributed by atoms with E-state index in [2.05, 4.69) is 26.0 Å². The first kappa shape index (κ1) is 19.2. The zero-order chi connectivity index (χ0) is 18.9. The van der Waals surface area contributed by atoms with Gasteiger partial charge in [-0.15, -0.1) is 0 Å². The number of nitrogens with two attached hydrogens (primary N) is 1. The van der Waals surface area contributed by atoms with Gasteiger partial charge in [0.15, 0.2) is 0 Å². The summed E-state index contributed by atoms with van der Waals surface area (Å²) < 4.78 is 5.39. The van der Waals surface area contributed by atoms with Crippen molar-refractivity contribution in [3.05, 3.63) is 29.8 Å². The van der Waals surface area contributed by atoms with Crippen molar-refractivity contribution in [1.29, 1.82) is 0 Å². The fourth-order valence-corrected chi connectivity index (χ4v) is 5.30. The molecule has 0 heterocycles. The maximum atomic E-state index is 13.7. The molecule has 2 aliphatic rings. The van der Waals surface area contributed by atoms with Crippen molar-refractivity contribution in [2.75, 3.05) is 27.2 Å². The number of ether oxygens (including phenoxy) is 1. The molecule has 4 heteroatoms. The van der Waals surface area contributed by atoms with Crippen molar-refractivity contribution in [2.45, 2.75) is 46.0 Å². The molecule has 0 spiro atoms. The lowest BCUT2D eigenvalue weighted by Gasteiger charge is -2.41. The summed E-state index contributed by atoms with van der Waals surface area (Å²) in [5.74, 6) is 2.40. The molecule has 144 valence electrons. The topological polar surface area (TPSA) is 55.6 Å². The molecule has 1 amide bonds. The Bertz CT molecular complexity index is 657. The van der Waals surface area contributed by atoms with E-state index < -0.39 is 0 Å². The average molecular weight is 359 g/mol. The zero-order valence-electron chi connectivity index (χ0n) is 16.8. The van der Waals surface area contributed by atoms with E-state index in [0.717, 1.165) is 18.6 Å². The van der Waals surface area contributed by atoms with Crippen molar-refractivity contribution in [1.82, 2.24) is 4.90 Å². The number of hydrogen-bond acceptors (Lipinski definition) is 3. The molecule has 26 heavy (non-hydrogen) atoms. The van der Waals surface area contributed by atoms with Gasteiger partial charge in [0.1, 0.15) is 5.75 Å². The summed E-state index contributed by atoms with van der Waals surface area (Å²) in [5, 5.41) is 0. The van der Waals surface area contributed by atoms with Crippen molar-refractivity contribution >= 4 is 5.91 Å². The number of methoxy groups -OCH3 is 1. The quantitative estimate of drug-likeness (QED) is 0.812. The van der Waals surface area contributed by atoms with E-state index in [1.807, 2.05) is 24.1 Å². The van der Waals surface area contributed by atoms with Crippen LogP contribution in [0.3, 0.4) is 0 Å². The summed E-state index contributed by atoms with van der Waals surface area (Å²) in [6, 6.07) is 8.22. The third kappa shape index (κ3) is 3.62. The number of fused-ring (bicyclic) bond motifs is 2. The van der Waals surface area contributed by atoms with E-state index in [-0.39, 0.29) is 10.8 Å². The first-order valence-corrected chi connectivity index (χ1v) is 9.88. The van der Waals surface area contributed by atoms with Crippen LogP contribution in [-0.4, -0.2) is 38.1 Å². The van der Waals surface area contributed by atoms with E-state index in [0.29, 0.717) is 30.8 Å². The van der Waals surface area contributed by atoms with Crippen LogP contribution in [0.4, 0.5) is 0 Å². The summed E-state index contributed by atoms with van der Waals surface area (Å²) in [7, 11) is 3.65. The molecule has 0 radical (unpaired) electrons. The van der Waals surface area contributed by atoms with E-state index in [9.17, 15) is 4.79 Å². The normalized spacial score (nSPS) is 27.6. The maximum Gasteiger partial charge on any atom is 0.229 e. The second-order valence-electron chi connectivity index (χ2n) is 9.29. The van der Waals surface area contributed by atoms with Crippen molar-refractivity contribution in [3.63, 3.8) is 0 Å². The second kappa shape index (κ2) is 7.22. The minimum Gasteiger partial charge on any atom is -0.497 e. The number of carbonyl (C=O) groups is 1. The molecule has 0 aliphatic heterocycles. The Morgan fingerprint density at radius 1 is 1.38 bits per heavy atom. The zero-order valence-corrected chi connectivity index (χ0v) is 16.8. The largest absolute Gasteiger partial charge is 0.497 e. The minimum absolute atomic E-state index is 0.0564. The maximum absolute atomic E-state index is 13.7. The molecule has 0 saturated heterocycles. The Kier molecular flexibility index (Phi) is 5.34. The number of benzene rings is 1. The lowest BCUT2D eigenvalue weighted by Crippen LogP contribution is -2.50. The van der Waals surface area contributed by atoms with Gasteiger partial charge in [-0.05, 0) is 67.2 Å². The van der Waals surface area contributed by atoms with Crippen LogP contribution in [0.5, 0.6) is 5.75 Å². The Balaban J connectivity index is 1.86. The highest BCUT2D eigenvalue weighted by Crippen LogP contribution is 2.58. The van der Waals surface area contributed by atoms with Crippen molar-refractivity contribution in [3.8, 4) is 5.75 Å². The van der Waals surface area contributed by atoms with Gasteiger partial charge in [0.2, 0.25) is 5.91 Å². The van der Waals surface area contributed by atoms with Crippen molar-refractivity contribution < 1.29 is 9.53 Å². The van der Waals surface area contributed by atoms with Crippen LogP contribution in [0.15, 0.2) is 24.3 Å². The van der Waals surface area contributed by atoms with Crippen LogP contribution in [0.1, 0.15) is 45.1 Å². The summed E-state index contributed by atoms with van der Waals surface area (Å²) in [6.45, 7) is 5.55. The van der Waals surface area contributed by atoms with Crippen molar-refractivity contribution in [2.24, 2.45) is 28.4 Å². The van der Waals surface area contributed by atoms with Crippen LogP contribution in [0.25, 0.3) is 0 Å². The lowest BCUT2D eigenvalue weighted by molar-refractivity contribution is -0.145. The molecule has 2 aliphatic carbocycles. The van der Waals surface area contributed by atoms with Gasteiger partial charge in [0, 0.05) is 13.6 Å². The summed E-state index contributed by atoms with van der Waals surface area (Å²) in [5.41, 5.74) is 6.80. The average Bonchev–Trinajstić information content (AvgIpc) is 3.22. The van der Waals surface area contributed by atoms with Gasteiger partial charge in [-0.25, -0.2) is 0 Å². The molecule has 2 fully saturated rings. The monoisotopic (exact) mass is 358 g/mol. The molecule has 2 bridgehead atoms. The van der Waals surface area contributed by atoms with E-state index in [4.69, 9.17) is 10.5 Å². The predicted molar refractivity (Wildman–Crippen MR) is 105 cm³/mol. The number of nitrogens with zero attached hydrogens (tertiary/aromatic N) is 1. The molecule has 1 aromatic rings. The molecule has 1 aromatic carbocycles. The van der Waals surface area contributed by atoms with Crippen LogP contribution in [-0.2, 0) is 11.2 Å². The second-order valence-corrected chi connectivity index (χ2v) is 9.29. The highest BCUT2D eigenvalue weighted by Gasteiger charge is 2.56. The summed E-state index contributed by atoms with van der Waals surface area (Å²) in [4.78, 5) is 15.6. The van der Waals surface area contributed by atoms with Gasteiger partial charge >= 0.3 is 0 Å². The molecule has 2 N–H and O–H groups in total. The van der Waals surface area contributed by atoms with Crippen LogP contribution in [0.2, 0.25) is 0 Å². The van der Waals surface area contributed by atoms with Gasteiger partial charge in [0.05, 0.1) is 12.5 Å². The molecule has 3 atom stereocenters. The highest BCUT2D eigenvalue weighted by molar-refractivity contribution is 5.84. The van der Waals surface area contributed by atoms with E-state index in [1.165, 1.54) is 24.8 Å². The molecule has 4 nitrogen and oxygen atoms in total. The highest BCUT2D eigenvalue weighted by atomic mass is 16.5. The number of rotatable bonds is 7. The molecular formula is C22H34N2O2. The smallest absolute Gasteiger partial charge is 0.229 e. The van der Waals surface area contributed by atoms with Gasteiger partial charge < -0.3 is 15.4 Å². The lowest BCUT2D eigenvalue weighted by atomic mass is 9.68. The Morgan fingerprint density at radius 3 is 2.73 bits per heavy atom. The minimum atomic E-state index is -0.255. The van der Waals surface area contributed by atoms with Crippen LogP contribution < -0.4 is 10.5 Å². The van der Waals surface area contributed by atoms with Gasteiger partial charge in [-0.3, -0.25) is 4.79 Å². The third-order valence-electron chi connectivity index (χ3n) is 6.62. The molecular weight excluding hydrogens is 324 g/mol.